The first-order chi connectivity index (χ1) is 6.06. The lowest BCUT2D eigenvalue weighted by atomic mass is 9.96. The fourth-order valence-corrected chi connectivity index (χ4v) is 1.38. The van der Waals surface area contributed by atoms with Crippen molar-refractivity contribution in [3.8, 4) is 0 Å². The van der Waals surface area contributed by atoms with Crippen LogP contribution in [0.2, 0.25) is 0 Å². The van der Waals surface area contributed by atoms with Crippen LogP contribution in [0.3, 0.4) is 0 Å². The maximum absolute atomic E-state index is 9.12. The van der Waals surface area contributed by atoms with Crippen LogP contribution in [0.15, 0.2) is 0 Å². The molecule has 1 rings (SSSR count). The van der Waals surface area contributed by atoms with Gasteiger partial charge in [0.05, 0.1) is 0 Å². The Balaban J connectivity index is 0.000000252. The van der Waals surface area contributed by atoms with E-state index < -0.39 is 12.6 Å². The van der Waals surface area contributed by atoms with Crippen LogP contribution in [-0.2, 0) is 4.79 Å². The van der Waals surface area contributed by atoms with E-state index in [0.29, 0.717) is 0 Å². The van der Waals surface area contributed by atoms with E-state index in [0.717, 1.165) is 12.0 Å². The molecule has 0 aromatic heterocycles. The highest BCUT2D eigenvalue weighted by Gasteiger charge is 2.12. The number of carboxylic acids is 1. The third kappa shape index (κ3) is 7.74. The minimum absolute atomic E-state index is 0.763. The number of nitrogens with one attached hydrogen (secondary N) is 1. The molecule has 0 amide bonds. The van der Waals surface area contributed by atoms with Crippen LogP contribution in [0, 0.1) is 5.92 Å². The first-order valence-corrected chi connectivity index (χ1v) is 4.62. The number of hydrogen-bond donors (Lipinski definition) is 3. The molecule has 2 atom stereocenters. The largest absolute Gasteiger partial charge is 0.480 e. The number of aliphatic carboxylic acids is 1. The highest BCUT2D eigenvalue weighted by atomic mass is 16.4. The van der Waals surface area contributed by atoms with Gasteiger partial charge < -0.3 is 15.5 Å². The van der Waals surface area contributed by atoms with E-state index in [1.165, 1.54) is 19.4 Å². The molecule has 0 aromatic carbocycles. The summed E-state index contributed by atoms with van der Waals surface area (Å²) in [6.45, 7) is 5.04. The third-order valence-corrected chi connectivity index (χ3v) is 2.02. The first-order valence-electron chi connectivity index (χ1n) is 4.62. The molecule has 1 fully saturated rings. The summed E-state index contributed by atoms with van der Waals surface area (Å²) in [5.74, 6) is -0.240. The zero-order valence-corrected chi connectivity index (χ0v) is 8.29. The molecule has 2 unspecified atom stereocenters. The Kier molecular flexibility index (Phi) is 6.54. The molecular formula is C9H19NO3. The van der Waals surface area contributed by atoms with Crippen molar-refractivity contribution in [1.82, 2.24) is 5.32 Å². The molecule has 1 saturated heterocycles. The molecule has 78 valence electrons. The second-order valence-electron chi connectivity index (χ2n) is 3.54. The molecular weight excluding hydrogens is 170 g/mol. The molecule has 0 spiro atoms. The molecule has 13 heavy (non-hydrogen) atoms. The van der Waals surface area contributed by atoms with E-state index in [1.807, 2.05) is 0 Å². The molecule has 1 heterocycles. The summed E-state index contributed by atoms with van der Waals surface area (Å²) < 4.78 is 0. The Bertz CT molecular complexity index is 142. The number of hydrogen-bond acceptors (Lipinski definition) is 3. The zero-order valence-electron chi connectivity index (χ0n) is 8.29. The second-order valence-corrected chi connectivity index (χ2v) is 3.54. The maximum Gasteiger partial charge on any atom is 0.329 e. The predicted molar refractivity (Wildman–Crippen MR) is 50.6 cm³/mol. The van der Waals surface area contributed by atoms with Crippen molar-refractivity contribution in [2.45, 2.75) is 32.7 Å². The van der Waals surface area contributed by atoms with Crippen molar-refractivity contribution >= 4 is 5.97 Å². The number of piperidine rings is 1. The summed E-state index contributed by atoms with van der Waals surface area (Å²) in [7, 11) is 0. The van der Waals surface area contributed by atoms with Crippen molar-refractivity contribution in [1.29, 1.82) is 0 Å². The summed E-state index contributed by atoms with van der Waals surface area (Å²) in [5, 5.41) is 18.4. The lowest BCUT2D eigenvalue weighted by Crippen LogP contribution is -2.34. The summed E-state index contributed by atoms with van der Waals surface area (Å²) in [6.07, 6.45) is 2.73. The molecule has 1 aliphatic heterocycles. The molecule has 0 radical (unpaired) electrons. The summed E-state index contributed by atoms with van der Waals surface area (Å²) >= 11 is 0. The summed E-state index contributed by atoms with van der Waals surface area (Å²) in [4.78, 5) is 9.12. The van der Waals surface area contributed by atoms with Gasteiger partial charge in [-0.3, -0.25) is 0 Å². The average molecular weight is 189 g/mol. The van der Waals surface area contributed by atoms with Gasteiger partial charge in [0.2, 0.25) is 0 Å². The van der Waals surface area contributed by atoms with Gasteiger partial charge in [-0.05, 0) is 32.2 Å². The highest BCUT2D eigenvalue weighted by molar-refractivity contribution is 5.67. The van der Waals surface area contributed by atoms with E-state index in [1.54, 1.807) is 0 Å². The topological polar surface area (TPSA) is 69.6 Å². The van der Waals surface area contributed by atoms with Crippen molar-refractivity contribution in [2.24, 2.45) is 5.92 Å². The van der Waals surface area contributed by atoms with Crippen molar-refractivity contribution in [2.75, 3.05) is 13.2 Å². The van der Waals surface area contributed by atoms with Crippen LogP contribution in [0.25, 0.3) is 0 Å². The fourth-order valence-electron chi connectivity index (χ4n) is 1.38. The number of rotatable bonds is 1. The third-order valence-electron chi connectivity index (χ3n) is 2.02. The van der Waals surface area contributed by atoms with Crippen molar-refractivity contribution in [3.05, 3.63) is 0 Å². The number of aliphatic hydroxyl groups excluding tert-OH is 1. The number of aliphatic hydroxyl groups is 1. The van der Waals surface area contributed by atoms with Crippen LogP contribution < -0.4 is 5.32 Å². The van der Waals surface area contributed by atoms with E-state index in [9.17, 15) is 0 Å². The Labute approximate surface area is 79.0 Å². The smallest absolute Gasteiger partial charge is 0.329 e. The minimum Gasteiger partial charge on any atom is -0.480 e. The lowest BCUT2D eigenvalue weighted by molar-refractivity contribution is -0.140. The Morgan fingerprint density at radius 3 is 2.31 bits per heavy atom. The van der Waals surface area contributed by atoms with Crippen LogP contribution in [0.4, 0.5) is 0 Å². The molecule has 1 aliphatic rings. The Morgan fingerprint density at radius 1 is 1.54 bits per heavy atom. The number of carboxylic acid groups (broad SMARTS) is 1. The Hall–Kier alpha value is -0.610. The van der Waals surface area contributed by atoms with Gasteiger partial charge in [-0.1, -0.05) is 6.92 Å². The normalized spacial score (nSPS) is 27.3. The van der Waals surface area contributed by atoms with Gasteiger partial charge in [-0.15, -0.1) is 0 Å². The van der Waals surface area contributed by atoms with Crippen LogP contribution in [0.1, 0.15) is 26.7 Å². The zero-order chi connectivity index (χ0) is 10.3. The first kappa shape index (κ1) is 12.4. The average Bonchev–Trinajstić information content (AvgIpc) is 2.05. The molecule has 3 N–H and O–H groups in total. The molecule has 0 saturated carbocycles. The van der Waals surface area contributed by atoms with Gasteiger partial charge in [0.1, 0.15) is 6.61 Å². The van der Waals surface area contributed by atoms with Gasteiger partial charge >= 0.3 is 5.97 Å². The quantitative estimate of drug-likeness (QED) is 0.560. The number of carbonyl (C=O) groups is 1. The predicted octanol–water partition coefficient (Wildman–Crippen LogP) is 0.458. The molecule has 4 nitrogen and oxygen atoms in total. The van der Waals surface area contributed by atoms with E-state index in [4.69, 9.17) is 15.0 Å². The molecule has 0 aromatic rings. The fraction of sp³-hybridized carbons (Fsp3) is 0.889. The van der Waals surface area contributed by atoms with E-state index >= 15 is 0 Å². The standard InChI is InChI=1S/C7H15N.C2H4O3/c1-6-3-4-8-7(2)5-6;3-1-2(4)5/h6-8H,3-5H2,1-2H3;3H,1H2,(H,4,5). The monoisotopic (exact) mass is 189 g/mol. The van der Waals surface area contributed by atoms with Crippen LogP contribution >= 0.6 is 0 Å². The minimum atomic E-state index is -1.19. The van der Waals surface area contributed by atoms with E-state index in [-0.39, 0.29) is 0 Å². The van der Waals surface area contributed by atoms with Crippen LogP contribution in [-0.4, -0.2) is 35.4 Å². The van der Waals surface area contributed by atoms with Gasteiger partial charge in [0.15, 0.2) is 0 Å². The van der Waals surface area contributed by atoms with Gasteiger partial charge in [0, 0.05) is 6.04 Å². The van der Waals surface area contributed by atoms with E-state index in [2.05, 4.69) is 19.2 Å². The SMILES string of the molecule is CC1CCNC(C)C1.O=C(O)CO. The molecule has 4 heteroatoms. The maximum atomic E-state index is 9.12. The van der Waals surface area contributed by atoms with Gasteiger partial charge in [-0.25, -0.2) is 4.79 Å². The van der Waals surface area contributed by atoms with Crippen LogP contribution in [0.5, 0.6) is 0 Å². The van der Waals surface area contributed by atoms with Crippen molar-refractivity contribution < 1.29 is 15.0 Å². The summed E-state index contributed by atoms with van der Waals surface area (Å²) in [5.41, 5.74) is 0. The van der Waals surface area contributed by atoms with Gasteiger partial charge in [0.25, 0.3) is 0 Å². The molecule has 0 bridgehead atoms. The summed E-state index contributed by atoms with van der Waals surface area (Å²) in [6, 6.07) is 0.763. The highest BCUT2D eigenvalue weighted by Crippen LogP contribution is 2.13. The molecule has 0 aliphatic carbocycles. The van der Waals surface area contributed by atoms with Crippen molar-refractivity contribution in [3.63, 3.8) is 0 Å². The lowest BCUT2D eigenvalue weighted by Gasteiger charge is -2.24. The second kappa shape index (κ2) is 6.86. The van der Waals surface area contributed by atoms with Gasteiger partial charge in [-0.2, -0.15) is 0 Å². The Morgan fingerprint density at radius 2 is 2.08 bits per heavy atom.